The first-order valence-electron chi connectivity index (χ1n) is 4.35. The zero-order chi connectivity index (χ0) is 9.97. The van der Waals surface area contributed by atoms with Crippen molar-refractivity contribution in [1.29, 1.82) is 0 Å². The van der Waals surface area contributed by atoms with Crippen LogP contribution in [0.4, 0.5) is 0 Å². The van der Waals surface area contributed by atoms with Gasteiger partial charge in [0.2, 0.25) is 5.88 Å². The predicted octanol–water partition coefficient (Wildman–Crippen LogP) is -0.0432. The van der Waals surface area contributed by atoms with Crippen molar-refractivity contribution in [3.8, 4) is 5.88 Å². The molecule has 0 saturated carbocycles. The van der Waals surface area contributed by atoms with Gasteiger partial charge in [0.15, 0.2) is 5.69 Å². The first-order chi connectivity index (χ1) is 6.81. The Morgan fingerprint density at radius 1 is 1.79 bits per heavy atom. The summed E-state index contributed by atoms with van der Waals surface area (Å²) in [6.45, 7) is 1.46. The molecule has 76 valence electrons. The summed E-state index contributed by atoms with van der Waals surface area (Å²) >= 11 is 0. The highest BCUT2D eigenvalue weighted by Crippen LogP contribution is 2.17. The van der Waals surface area contributed by atoms with Crippen molar-refractivity contribution in [2.45, 2.75) is 13.0 Å². The first-order valence-corrected chi connectivity index (χ1v) is 4.35. The molecule has 0 saturated heterocycles. The quantitative estimate of drug-likeness (QED) is 0.675. The molecule has 0 aromatic carbocycles. The van der Waals surface area contributed by atoms with Gasteiger partial charge >= 0.3 is 0 Å². The van der Waals surface area contributed by atoms with Gasteiger partial charge < -0.3 is 4.74 Å². The van der Waals surface area contributed by atoms with Gasteiger partial charge in [0.05, 0.1) is 13.7 Å². The van der Waals surface area contributed by atoms with Crippen LogP contribution >= 0.6 is 0 Å². The predicted molar refractivity (Wildman–Crippen MR) is 46.8 cm³/mol. The van der Waals surface area contributed by atoms with E-state index in [9.17, 15) is 4.79 Å². The van der Waals surface area contributed by atoms with Crippen LogP contribution in [0.5, 0.6) is 5.88 Å². The topological polar surface area (TPSA) is 65.4 Å². The van der Waals surface area contributed by atoms with Crippen molar-refractivity contribution in [3.05, 3.63) is 11.8 Å². The number of rotatable bonds is 2. The number of ether oxygens (including phenoxy) is 1. The van der Waals surface area contributed by atoms with E-state index in [4.69, 9.17) is 4.74 Å². The second-order valence-electron chi connectivity index (χ2n) is 2.93. The van der Waals surface area contributed by atoms with E-state index in [1.807, 2.05) is 0 Å². The molecule has 2 rings (SSSR count). The summed E-state index contributed by atoms with van der Waals surface area (Å²) in [5.41, 5.74) is 2.51. The number of carbonyl (C=O) groups excluding carboxylic acids is 1. The van der Waals surface area contributed by atoms with Crippen LogP contribution in [-0.2, 0) is 11.4 Å². The lowest BCUT2D eigenvalue weighted by atomic mass is 10.4. The lowest BCUT2D eigenvalue weighted by Crippen LogP contribution is -2.22. The van der Waals surface area contributed by atoms with E-state index in [-0.39, 0.29) is 5.91 Å². The van der Waals surface area contributed by atoms with Crippen molar-refractivity contribution in [2.75, 3.05) is 13.7 Å². The maximum atomic E-state index is 11.3. The highest BCUT2D eigenvalue weighted by Gasteiger charge is 2.17. The van der Waals surface area contributed by atoms with Gasteiger partial charge in [-0.05, 0) is 0 Å². The fourth-order valence-electron chi connectivity index (χ4n) is 1.32. The number of hydrogen-bond acceptors (Lipinski definition) is 4. The standard InChI is InChI=1S/C8H11N3O3/c1-13-10-8(12)6-5-7-11(9-6)3-2-4-14-7/h5H,2-4H2,1H3,(H,10,12). The third-order valence-corrected chi connectivity index (χ3v) is 1.93. The van der Waals surface area contributed by atoms with Gasteiger partial charge in [-0.2, -0.15) is 5.10 Å². The second kappa shape index (κ2) is 3.67. The molecule has 0 unspecified atom stereocenters. The second-order valence-corrected chi connectivity index (χ2v) is 2.93. The number of aromatic nitrogens is 2. The van der Waals surface area contributed by atoms with Crippen LogP contribution in [0.3, 0.4) is 0 Å². The van der Waals surface area contributed by atoms with Crippen LogP contribution in [0.1, 0.15) is 16.9 Å². The first kappa shape index (κ1) is 9.01. The van der Waals surface area contributed by atoms with Crippen molar-refractivity contribution < 1.29 is 14.4 Å². The number of nitrogens with zero attached hydrogens (tertiary/aromatic N) is 2. The smallest absolute Gasteiger partial charge is 0.295 e. The minimum absolute atomic E-state index is 0.309. The molecule has 1 aliphatic heterocycles. The summed E-state index contributed by atoms with van der Waals surface area (Å²) in [5, 5.41) is 4.07. The maximum Gasteiger partial charge on any atom is 0.295 e. The van der Waals surface area contributed by atoms with E-state index < -0.39 is 0 Å². The third kappa shape index (κ3) is 1.56. The van der Waals surface area contributed by atoms with Crippen LogP contribution in [0, 0.1) is 0 Å². The molecule has 14 heavy (non-hydrogen) atoms. The van der Waals surface area contributed by atoms with Crippen LogP contribution in [0.25, 0.3) is 0 Å². The zero-order valence-corrected chi connectivity index (χ0v) is 7.82. The average molecular weight is 197 g/mol. The molecule has 0 spiro atoms. The Labute approximate surface area is 80.8 Å². The molecule has 6 nitrogen and oxygen atoms in total. The molecular formula is C8H11N3O3. The van der Waals surface area contributed by atoms with Crippen LogP contribution in [0.2, 0.25) is 0 Å². The van der Waals surface area contributed by atoms with Gasteiger partial charge in [-0.25, -0.2) is 10.2 Å². The third-order valence-electron chi connectivity index (χ3n) is 1.93. The number of amides is 1. The van der Waals surface area contributed by atoms with E-state index in [2.05, 4.69) is 15.4 Å². The Bertz CT molecular complexity index is 324. The number of hydroxylamine groups is 1. The normalized spacial score (nSPS) is 14.4. The fourth-order valence-corrected chi connectivity index (χ4v) is 1.32. The SMILES string of the molecule is CONC(=O)c1cc2n(n1)CCCO2. The minimum Gasteiger partial charge on any atom is -0.478 e. The fraction of sp³-hybridized carbons (Fsp3) is 0.500. The maximum absolute atomic E-state index is 11.3. The number of aryl methyl sites for hydroxylation is 1. The van der Waals surface area contributed by atoms with E-state index in [1.165, 1.54) is 7.11 Å². The van der Waals surface area contributed by atoms with E-state index >= 15 is 0 Å². The molecule has 6 heteroatoms. The number of carbonyl (C=O) groups is 1. The van der Waals surface area contributed by atoms with Crippen molar-refractivity contribution in [1.82, 2.24) is 15.3 Å². The molecule has 0 bridgehead atoms. The Kier molecular flexibility index (Phi) is 2.36. The summed E-state index contributed by atoms with van der Waals surface area (Å²) in [5.74, 6) is 0.274. The molecule has 0 radical (unpaired) electrons. The Hall–Kier alpha value is -1.56. The Balaban J connectivity index is 2.19. The summed E-state index contributed by atoms with van der Waals surface area (Å²) in [6, 6.07) is 1.60. The molecule has 1 aromatic heterocycles. The molecule has 1 amide bonds. The summed E-state index contributed by atoms with van der Waals surface area (Å²) in [4.78, 5) is 15.8. The van der Waals surface area contributed by atoms with Gasteiger partial charge in [0, 0.05) is 19.0 Å². The monoisotopic (exact) mass is 197 g/mol. The van der Waals surface area contributed by atoms with Crippen molar-refractivity contribution >= 4 is 5.91 Å². The lowest BCUT2D eigenvalue weighted by molar-refractivity contribution is 0.0531. The van der Waals surface area contributed by atoms with Crippen LogP contribution in [-0.4, -0.2) is 29.4 Å². The molecule has 2 heterocycles. The van der Waals surface area contributed by atoms with Gasteiger partial charge in [0.1, 0.15) is 0 Å². The Morgan fingerprint density at radius 2 is 2.64 bits per heavy atom. The molecular weight excluding hydrogens is 186 g/mol. The molecule has 0 atom stereocenters. The largest absolute Gasteiger partial charge is 0.478 e. The van der Waals surface area contributed by atoms with E-state index in [1.54, 1.807) is 10.7 Å². The summed E-state index contributed by atoms with van der Waals surface area (Å²) in [7, 11) is 1.38. The minimum atomic E-state index is -0.363. The summed E-state index contributed by atoms with van der Waals surface area (Å²) < 4.78 is 6.99. The van der Waals surface area contributed by atoms with Gasteiger partial charge in [-0.15, -0.1) is 0 Å². The number of nitrogens with one attached hydrogen (secondary N) is 1. The number of fused-ring (bicyclic) bond motifs is 1. The lowest BCUT2D eigenvalue weighted by Gasteiger charge is -2.13. The van der Waals surface area contributed by atoms with Crippen LogP contribution < -0.4 is 10.2 Å². The highest BCUT2D eigenvalue weighted by atomic mass is 16.6. The van der Waals surface area contributed by atoms with Crippen LogP contribution in [0.15, 0.2) is 6.07 Å². The highest BCUT2D eigenvalue weighted by molar-refractivity contribution is 5.91. The average Bonchev–Trinajstić information content (AvgIpc) is 2.61. The molecule has 1 aliphatic rings. The molecule has 0 fully saturated rings. The Morgan fingerprint density at radius 3 is 3.36 bits per heavy atom. The zero-order valence-electron chi connectivity index (χ0n) is 7.82. The van der Waals surface area contributed by atoms with Gasteiger partial charge in [-0.1, -0.05) is 0 Å². The number of hydrogen-bond donors (Lipinski definition) is 1. The van der Waals surface area contributed by atoms with Gasteiger partial charge in [-0.3, -0.25) is 9.63 Å². The van der Waals surface area contributed by atoms with E-state index in [0.717, 1.165) is 13.0 Å². The molecule has 0 aliphatic carbocycles. The van der Waals surface area contributed by atoms with E-state index in [0.29, 0.717) is 18.2 Å². The molecule has 1 N–H and O–H groups in total. The van der Waals surface area contributed by atoms with Crippen molar-refractivity contribution in [3.63, 3.8) is 0 Å². The van der Waals surface area contributed by atoms with Gasteiger partial charge in [0.25, 0.3) is 5.91 Å². The van der Waals surface area contributed by atoms with Crippen molar-refractivity contribution in [2.24, 2.45) is 0 Å². The molecule has 1 aromatic rings. The summed E-state index contributed by atoms with van der Waals surface area (Å²) in [6.07, 6.45) is 0.917.